The largest absolute Gasteiger partial charge is 0.480 e. The molecule has 0 spiro atoms. The van der Waals surface area contributed by atoms with E-state index in [9.17, 15) is 8.78 Å². The Balaban J connectivity index is 1.41. The lowest BCUT2D eigenvalue weighted by Crippen LogP contribution is -2.09. The van der Waals surface area contributed by atoms with Crippen molar-refractivity contribution < 1.29 is 22.6 Å². The normalized spacial score (nSPS) is 17.3. The molecule has 1 saturated carbocycles. The second-order valence-electron chi connectivity index (χ2n) is 8.53. The van der Waals surface area contributed by atoms with Crippen LogP contribution >= 0.6 is 0 Å². The van der Waals surface area contributed by atoms with E-state index in [4.69, 9.17) is 9.47 Å². The summed E-state index contributed by atoms with van der Waals surface area (Å²) < 4.78 is 54.7. The number of benzene rings is 1. The van der Waals surface area contributed by atoms with E-state index in [1.165, 1.54) is 20.4 Å². The highest BCUT2D eigenvalue weighted by Crippen LogP contribution is 2.56. The molecule has 0 saturated heterocycles. The van der Waals surface area contributed by atoms with E-state index in [0.29, 0.717) is 40.2 Å². The summed E-state index contributed by atoms with van der Waals surface area (Å²) in [6, 6.07) is 5.49. The number of nitrogens with zero attached hydrogens (tertiary/aromatic N) is 7. The second kappa shape index (κ2) is 8.47. The fourth-order valence-electron chi connectivity index (χ4n) is 4.72. The first-order valence-electron chi connectivity index (χ1n) is 11.2. The third-order valence-electron chi connectivity index (χ3n) is 6.44. The predicted molar refractivity (Wildman–Crippen MR) is 123 cm³/mol. The van der Waals surface area contributed by atoms with Crippen molar-refractivity contribution in [2.75, 3.05) is 14.2 Å². The highest BCUT2D eigenvalue weighted by atomic mass is 19.3. The molecule has 0 radical (unpaired) electrons. The lowest BCUT2D eigenvalue weighted by atomic mass is 10.0. The Labute approximate surface area is 202 Å². The number of aromatic nitrogens is 7. The van der Waals surface area contributed by atoms with Gasteiger partial charge in [-0.05, 0) is 29.9 Å². The Morgan fingerprint density at radius 3 is 2.69 bits per heavy atom. The minimum Gasteiger partial charge on any atom is -0.480 e. The summed E-state index contributed by atoms with van der Waals surface area (Å²) in [4.78, 5) is 12.9. The van der Waals surface area contributed by atoms with Crippen LogP contribution in [0.2, 0.25) is 0 Å². The maximum absolute atomic E-state index is 15.6. The summed E-state index contributed by atoms with van der Waals surface area (Å²) >= 11 is 0. The van der Waals surface area contributed by atoms with Crippen LogP contribution in [-0.2, 0) is 6.54 Å². The highest BCUT2D eigenvalue weighted by Gasteiger charge is 2.43. The summed E-state index contributed by atoms with van der Waals surface area (Å²) in [6.07, 6.45) is 4.39. The lowest BCUT2D eigenvalue weighted by molar-refractivity contribution is 0.123. The number of hydrogen-bond donors (Lipinski definition) is 0. The molecule has 1 aliphatic carbocycles. The van der Waals surface area contributed by atoms with Crippen molar-refractivity contribution in [2.24, 2.45) is 0 Å². The van der Waals surface area contributed by atoms with Gasteiger partial charge in [0.25, 0.3) is 6.43 Å². The topological polar surface area (TPSA) is 92.3 Å². The highest BCUT2D eigenvalue weighted by molar-refractivity contribution is 5.80. The summed E-state index contributed by atoms with van der Waals surface area (Å²) in [5.41, 5.74) is 3.23. The standard InChI is InChI=1S/C24H20F3N7O2/c1-35-23-17(10-29-24(31-23)36-2)18-8-16(22-28-5-6-33(22)32-18)15-7-14(15)13-4-3-12-9-30-34(11-19(25)26)21(12)20(13)27/h3-6,8-10,14-15,19H,7,11H2,1-2H3/t14-,15+/m1/s1. The van der Waals surface area contributed by atoms with Crippen LogP contribution in [0.1, 0.15) is 29.4 Å². The number of fused-ring (bicyclic) bond motifs is 2. The van der Waals surface area contributed by atoms with Crippen LogP contribution in [0.25, 0.3) is 27.8 Å². The van der Waals surface area contributed by atoms with Gasteiger partial charge in [-0.2, -0.15) is 15.2 Å². The average Bonchev–Trinajstić information content (AvgIpc) is 3.31. The van der Waals surface area contributed by atoms with Gasteiger partial charge in [-0.3, -0.25) is 4.68 Å². The van der Waals surface area contributed by atoms with Gasteiger partial charge >= 0.3 is 6.01 Å². The average molecular weight is 495 g/mol. The van der Waals surface area contributed by atoms with Gasteiger partial charge < -0.3 is 9.47 Å². The van der Waals surface area contributed by atoms with Gasteiger partial charge in [-0.15, -0.1) is 0 Å². The molecule has 0 aliphatic heterocycles. The van der Waals surface area contributed by atoms with Gasteiger partial charge in [0.1, 0.15) is 12.1 Å². The van der Waals surface area contributed by atoms with E-state index in [2.05, 4.69) is 25.1 Å². The Morgan fingerprint density at radius 2 is 1.92 bits per heavy atom. The molecule has 184 valence electrons. The molecule has 1 aromatic carbocycles. The number of hydrogen-bond acceptors (Lipinski definition) is 7. The molecule has 1 fully saturated rings. The van der Waals surface area contributed by atoms with Crippen molar-refractivity contribution in [3.8, 4) is 23.1 Å². The van der Waals surface area contributed by atoms with Gasteiger partial charge in [0.15, 0.2) is 11.5 Å². The van der Waals surface area contributed by atoms with Crippen LogP contribution in [0, 0.1) is 5.82 Å². The summed E-state index contributed by atoms with van der Waals surface area (Å²) in [7, 11) is 2.96. The Bertz CT molecular complexity index is 1600. The van der Waals surface area contributed by atoms with Crippen molar-refractivity contribution in [3.63, 3.8) is 0 Å². The van der Waals surface area contributed by atoms with Crippen LogP contribution < -0.4 is 9.47 Å². The van der Waals surface area contributed by atoms with Crippen molar-refractivity contribution in [1.82, 2.24) is 34.3 Å². The first kappa shape index (κ1) is 22.3. The maximum Gasteiger partial charge on any atom is 0.319 e. The van der Waals surface area contributed by atoms with Crippen LogP contribution in [0.4, 0.5) is 13.2 Å². The van der Waals surface area contributed by atoms with Crippen molar-refractivity contribution >= 4 is 16.6 Å². The minimum atomic E-state index is -2.63. The molecule has 9 nitrogen and oxygen atoms in total. The van der Waals surface area contributed by atoms with E-state index in [0.717, 1.165) is 10.2 Å². The minimum absolute atomic E-state index is 0.0415. The monoisotopic (exact) mass is 495 g/mol. The van der Waals surface area contributed by atoms with Gasteiger partial charge in [0.2, 0.25) is 5.88 Å². The van der Waals surface area contributed by atoms with Gasteiger partial charge in [-0.25, -0.2) is 27.7 Å². The molecule has 0 bridgehead atoms. The SMILES string of the molecule is COc1ncc(-c2cc([C@H]3C[C@@H]3c3ccc4cnn(CC(F)F)c4c3F)c3nccn3n2)c(OC)n1. The van der Waals surface area contributed by atoms with E-state index in [1.807, 2.05) is 6.07 Å². The number of ether oxygens (including phenoxy) is 2. The Morgan fingerprint density at radius 1 is 1.08 bits per heavy atom. The predicted octanol–water partition coefficient (Wildman–Crippen LogP) is 4.23. The van der Waals surface area contributed by atoms with Gasteiger partial charge in [0, 0.05) is 29.5 Å². The van der Waals surface area contributed by atoms with E-state index in [-0.39, 0.29) is 23.4 Å². The number of alkyl halides is 2. The molecule has 5 aromatic rings. The van der Waals surface area contributed by atoms with Crippen LogP contribution in [-0.4, -0.2) is 55.0 Å². The molecule has 2 atom stereocenters. The van der Waals surface area contributed by atoms with Crippen molar-refractivity contribution in [1.29, 1.82) is 0 Å². The quantitative estimate of drug-likeness (QED) is 0.334. The smallest absolute Gasteiger partial charge is 0.319 e. The molecule has 0 unspecified atom stereocenters. The van der Waals surface area contributed by atoms with Crippen LogP contribution in [0.15, 0.2) is 43.0 Å². The number of halogens is 3. The van der Waals surface area contributed by atoms with Gasteiger partial charge in [0.05, 0.1) is 31.7 Å². The Kier molecular flexibility index (Phi) is 5.23. The third-order valence-corrected chi connectivity index (χ3v) is 6.44. The Hall–Kier alpha value is -4.22. The fraction of sp³-hybridized carbons (Fsp3) is 0.292. The third kappa shape index (κ3) is 3.60. The molecule has 0 amide bonds. The summed E-state index contributed by atoms with van der Waals surface area (Å²) in [5, 5.41) is 9.06. The van der Waals surface area contributed by atoms with Crippen molar-refractivity contribution in [3.05, 3.63) is 59.9 Å². The first-order chi connectivity index (χ1) is 17.5. The molecular formula is C24H20F3N7O2. The van der Waals surface area contributed by atoms with E-state index < -0.39 is 18.8 Å². The van der Waals surface area contributed by atoms with Crippen LogP contribution in [0.3, 0.4) is 0 Å². The number of imidazole rings is 1. The molecule has 4 aromatic heterocycles. The maximum atomic E-state index is 15.6. The van der Waals surface area contributed by atoms with Crippen molar-refractivity contribution in [2.45, 2.75) is 31.2 Å². The summed E-state index contributed by atoms with van der Waals surface area (Å²) in [6.45, 7) is -0.661. The summed E-state index contributed by atoms with van der Waals surface area (Å²) in [5.74, 6) is -0.401. The zero-order chi connectivity index (χ0) is 25.0. The molecular weight excluding hydrogens is 475 g/mol. The molecule has 1 aliphatic rings. The van der Waals surface area contributed by atoms with E-state index in [1.54, 1.807) is 35.2 Å². The number of rotatable bonds is 7. The molecule has 6 rings (SSSR count). The molecule has 12 heteroatoms. The molecule has 0 N–H and O–H groups in total. The molecule has 36 heavy (non-hydrogen) atoms. The lowest BCUT2D eigenvalue weighted by Gasteiger charge is -2.11. The number of methoxy groups -OCH3 is 2. The van der Waals surface area contributed by atoms with E-state index >= 15 is 4.39 Å². The zero-order valence-corrected chi connectivity index (χ0v) is 19.3. The fourth-order valence-corrected chi connectivity index (χ4v) is 4.72. The molecule has 4 heterocycles. The second-order valence-corrected chi connectivity index (χ2v) is 8.53. The van der Waals surface area contributed by atoms with Gasteiger partial charge in [-0.1, -0.05) is 12.1 Å². The first-order valence-corrected chi connectivity index (χ1v) is 11.2. The van der Waals surface area contributed by atoms with Crippen LogP contribution in [0.5, 0.6) is 11.9 Å². The zero-order valence-electron chi connectivity index (χ0n) is 19.3.